The molecule has 0 radical (unpaired) electrons. The van der Waals surface area contributed by atoms with Crippen LogP contribution in [0.4, 0.5) is 4.39 Å². The largest absolute Gasteiger partial charge is 0.207 e. The maximum Gasteiger partial charge on any atom is 0.126 e. The predicted octanol–water partition coefficient (Wildman–Crippen LogP) is 3.98. The maximum atomic E-state index is 13.4. The average molecular weight is 180 g/mol. The lowest BCUT2D eigenvalue weighted by Crippen LogP contribution is -2.16. The Morgan fingerprint density at radius 3 is 2.15 bits per heavy atom. The van der Waals surface area contributed by atoms with Gasteiger partial charge in [0, 0.05) is 0 Å². The van der Waals surface area contributed by atoms with Gasteiger partial charge in [-0.25, -0.2) is 4.39 Å². The van der Waals surface area contributed by atoms with E-state index in [2.05, 4.69) is 27.7 Å². The second-order valence-electron chi connectivity index (χ2n) is 4.61. The Labute approximate surface area is 79.8 Å². The van der Waals surface area contributed by atoms with E-state index in [1.54, 1.807) is 6.07 Å². The van der Waals surface area contributed by atoms with E-state index < -0.39 is 0 Å². The van der Waals surface area contributed by atoms with Gasteiger partial charge in [0.2, 0.25) is 0 Å². The number of halogens is 1. The molecule has 0 amide bonds. The SMILES string of the molecule is C[C@@H](c1ccccc1F)C(C)(C)C. The molecule has 1 rings (SSSR count). The van der Waals surface area contributed by atoms with Crippen molar-refractivity contribution in [3.05, 3.63) is 35.6 Å². The van der Waals surface area contributed by atoms with Gasteiger partial charge in [0.05, 0.1) is 0 Å². The van der Waals surface area contributed by atoms with Crippen LogP contribution in [0.2, 0.25) is 0 Å². The summed E-state index contributed by atoms with van der Waals surface area (Å²) in [6.45, 7) is 8.46. The molecule has 0 bridgehead atoms. The van der Waals surface area contributed by atoms with Crippen molar-refractivity contribution in [2.75, 3.05) is 0 Å². The molecule has 1 atom stereocenters. The minimum atomic E-state index is -0.0927. The molecule has 0 heterocycles. The highest BCUT2D eigenvalue weighted by molar-refractivity contribution is 5.22. The van der Waals surface area contributed by atoms with E-state index in [1.165, 1.54) is 6.07 Å². The third-order valence-corrected chi connectivity index (χ3v) is 2.67. The van der Waals surface area contributed by atoms with E-state index >= 15 is 0 Å². The highest BCUT2D eigenvalue weighted by Gasteiger charge is 2.23. The molecule has 0 unspecified atom stereocenters. The lowest BCUT2D eigenvalue weighted by molar-refractivity contribution is 0.331. The first-order chi connectivity index (χ1) is 5.93. The van der Waals surface area contributed by atoms with Crippen LogP contribution in [0, 0.1) is 11.2 Å². The van der Waals surface area contributed by atoms with Gasteiger partial charge in [-0.05, 0) is 23.0 Å². The monoisotopic (exact) mass is 180 g/mol. The number of rotatable bonds is 1. The second-order valence-corrected chi connectivity index (χ2v) is 4.61. The third-order valence-electron chi connectivity index (χ3n) is 2.67. The summed E-state index contributed by atoms with van der Waals surface area (Å²) in [6, 6.07) is 7.01. The summed E-state index contributed by atoms with van der Waals surface area (Å²) in [6.07, 6.45) is 0. The standard InChI is InChI=1S/C12H17F/c1-9(12(2,3)4)10-7-5-6-8-11(10)13/h5-9H,1-4H3/t9-/m0/s1. The van der Waals surface area contributed by atoms with E-state index in [-0.39, 0.29) is 17.2 Å². The summed E-state index contributed by atoms with van der Waals surface area (Å²) in [5.41, 5.74) is 0.928. The minimum Gasteiger partial charge on any atom is -0.207 e. The Kier molecular flexibility index (Phi) is 2.74. The molecular weight excluding hydrogens is 163 g/mol. The van der Waals surface area contributed by atoms with Crippen molar-refractivity contribution >= 4 is 0 Å². The lowest BCUT2D eigenvalue weighted by Gasteiger charge is -2.27. The fraction of sp³-hybridized carbons (Fsp3) is 0.500. The van der Waals surface area contributed by atoms with Crippen molar-refractivity contribution in [2.45, 2.75) is 33.6 Å². The van der Waals surface area contributed by atoms with E-state index in [0.717, 1.165) is 5.56 Å². The van der Waals surface area contributed by atoms with Crippen LogP contribution in [0.3, 0.4) is 0 Å². The smallest absolute Gasteiger partial charge is 0.126 e. The molecule has 0 aliphatic heterocycles. The van der Waals surface area contributed by atoms with Gasteiger partial charge in [-0.1, -0.05) is 45.9 Å². The van der Waals surface area contributed by atoms with Crippen LogP contribution in [-0.2, 0) is 0 Å². The highest BCUT2D eigenvalue weighted by atomic mass is 19.1. The lowest BCUT2D eigenvalue weighted by atomic mass is 9.78. The molecule has 72 valence electrons. The Morgan fingerprint density at radius 1 is 1.15 bits per heavy atom. The quantitative estimate of drug-likeness (QED) is 0.613. The van der Waals surface area contributed by atoms with Crippen molar-refractivity contribution in [1.82, 2.24) is 0 Å². The second kappa shape index (κ2) is 3.49. The van der Waals surface area contributed by atoms with Gasteiger partial charge in [-0.2, -0.15) is 0 Å². The van der Waals surface area contributed by atoms with Crippen LogP contribution in [-0.4, -0.2) is 0 Å². The minimum absolute atomic E-state index is 0.0927. The van der Waals surface area contributed by atoms with Crippen LogP contribution in [0.25, 0.3) is 0 Å². The van der Waals surface area contributed by atoms with Crippen LogP contribution < -0.4 is 0 Å². The molecule has 0 spiro atoms. The van der Waals surface area contributed by atoms with Crippen LogP contribution in [0.15, 0.2) is 24.3 Å². The van der Waals surface area contributed by atoms with E-state index in [0.29, 0.717) is 0 Å². The fourth-order valence-electron chi connectivity index (χ4n) is 1.29. The molecule has 13 heavy (non-hydrogen) atoms. The molecule has 0 fully saturated rings. The normalized spacial score (nSPS) is 14.2. The summed E-state index contributed by atoms with van der Waals surface area (Å²) in [5.74, 6) is 0.152. The zero-order valence-electron chi connectivity index (χ0n) is 8.76. The Hall–Kier alpha value is -0.850. The van der Waals surface area contributed by atoms with Gasteiger partial charge in [-0.15, -0.1) is 0 Å². The van der Waals surface area contributed by atoms with Gasteiger partial charge in [0.1, 0.15) is 5.82 Å². The molecule has 0 aliphatic rings. The molecule has 0 aliphatic carbocycles. The van der Waals surface area contributed by atoms with Crippen molar-refractivity contribution in [3.8, 4) is 0 Å². The molecule has 0 saturated carbocycles. The molecule has 0 aromatic heterocycles. The van der Waals surface area contributed by atoms with Gasteiger partial charge in [-0.3, -0.25) is 0 Å². The topological polar surface area (TPSA) is 0 Å². The average Bonchev–Trinajstić information content (AvgIpc) is 2.02. The fourth-order valence-corrected chi connectivity index (χ4v) is 1.29. The van der Waals surface area contributed by atoms with Crippen LogP contribution in [0.1, 0.15) is 39.2 Å². The van der Waals surface area contributed by atoms with E-state index in [9.17, 15) is 4.39 Å². The van der Waals surface area contributed by atoms with Crippen molar-refractivity contribution in [2.24, 2.45) is 5.41 Å². The summed E-state index contributed by atoms with van der Waals surface area (Å²) in [7, 11) is 0. The van der Waals surface area contributed by atoms with Crippen LogP contribution >= 0.6 is 0 Å². The molecule has 1 aromatic carbocycles. The zero-order chi connectivity index (χ0) is 10.1. The van der Waals surface area contributed by atoms with E-state index in [4.69, 9.17) is 0 Å². The molecule has 0 nitrogen and oxygen atoms in total. The molecule has 1 heteroatoms. The molecule has 1 aromatic rings. The molecule has 0 N–H and O–H groups in total. The molecule has 0 saturated heterocycles. The Morgan fingerprint density at radius 2 is 1.69 bits per heavy atom. The van der Waals surface area contributed by atoms with E-state index in [1.807, 2.05) is 12.1 Å². The molecular formula is C12H17F. The maximum absolute atomic E-state index is 13.4. The Balaban J connectivity index is 3.02. The van der Waals surface area contributed by atoms with Gasteiger partial charge in [0.25, 0.3) is 0 Å². The summed E-state index contributed by atoms with van der Waals surface area (Å²) < 4.78 is 13.4. The van der Waals surface area contributed by atoms with Gasteiger partial charge >= 0.3 is 0 Å². The van der Waals surface area contributed by atoms with Gasteiger partial charge < -0.3 is 0 Å². The van der Waals surface area contributed by atoms with Gasteiger partial charge in [0.15, 0.2) is 0 Å². The predicted molar refractivity (Wildman–Crippen MR) is 54.3 cm³/mol. The van der Waals surface area contributed by atoms with Crippen molar-refractivity contribution in [1.29, 1.82) is 0 Å². The first kappa shape index (κ1) is 10.2. The first-order valence-electron chi connectivity index (χ1n) is 4.67. The number of benzene rings is 1. The first-order valence-corrected chi connectivity index (χ1v) is 4.67. The summed E-state index contributed by atoms with van der Waals surface area (Å²) in [5, 5.41) is 0. The summed E-state index contributed by atoms with van der Waals surface area (Å²) >= 11 is 0. The highest BCUT2D eigenvalue weighted by Crippen LogP contribution is 2.35. The van der Waals surface area contributed by atoms with Crippen molar-refractivity contribution < 1.29 is 4.39 Å². The third kappa shape index (κ3) is 2.30. The van der Waals surface area contributed by atoms with Crippen molar-refractivity contribution in [3.63, 3.8) is 0 Å². The zero-order valence-corrected chi connectivity index (χ0v) is 8.76. The summed E-state index contributed by atoms with van der Waals surface area (Å²) in [4.78, 5) is 0. The number of hydrogen-bond donors (Lipinski definition) is 0. The Bertz CT molecular complexity index is 283. The van der Waals surface area contributed by atoms with Crippen LogP contribution in [0.5, 0.6) is 0 Å². The number of hydrogen-bond acceptors (Lipinski definition) is 0.